The number of hydrogen-bond donors (Lipinski definition) is 2. The zero-order valence-corrected chi connectivity index (χ0v) is 14.0. The zero-order valence-electron chi connectivity index (χ0n) is 14.0. The second-order valence-corrected chi connectivity index (χ2v) is 5.33. The van der Waals surface area contributed by atoms with Crippen LogP contribution in [0.3, 0.4) is 0 Å². The van der Waals surface area contributed by atoms with E-state index in [0.29, 0.717) is 0 Å². The van der Waals surface area contributed by atoms with Gasteiger partial charge in [-0.1, -0.05) is 18.2 Å². The largest absolute Gasteiger partial charge is 0.467 e. The number of nitrogens with zero attached hydrogens (tertiary/aromatic N) is 1. The van der Waals surface area contributed by atoms with Crippen molar-refractivity contribution in [2.24, 2.45) is 0 Å². The smallest absolute Gasteiger partial charge is 0.328 e. The molecule has 0 radical (unpaired) electrons. The molecule has 0 fully saturated rings. The Morgan fingerprint density at radius 1 is 1.24 bits per heavy atom. The molecule has 2 atom stereocenters. The number of rotatable bonds is 8. The summed E-state index contributed by atoms with van der Waals surface area (Å²) in [5.41, 5.74) is 0.253. The average molecular weight is 349 g/mol. The number of nitrogens with one attached hydrogen (secondary N) is 2. The third-order valence-electron chi connectivity index (χ3n) is 3.42. The molecule has 2 N–H and O–H groups in total. The van der Waals surface area contributed by atoms with E-state index in [0.717, 1.165) is 0 Å². The predicted octanol–water partition coefficient (Wildman–Crippen LogP) is 0.834. The molecular weight excluding hydrogens is 329 g/mol. The number of esters is 1. The maximum Gasteiger partial charge on any atom is 0.328 e. The maximum absolute atomic E-state index is 13.8. The van der Waals surface area contributed by atoms with Crippen LogP contribution in [0.1, 0.15) is 25.3 Å². The molecule has 0 aliphatic rings. The molecule has 134 valence electrons. The fourth-order valence-electron chi connectivity index (χ4n) is 2.21. The van der Waals surface area contributed by atoms with Gasteiger partial charge in [-0.25, -0.2) is 9.18 Å². The first-order chi connectivity index (χ1) is 11.9. The summed E-state index contributed by atoms with van der Waals surface area (Å²) >= 11 is 0. The van der Waals surface area contributed by atoms with Crippen LogP contribution in [-0.2, 0) is 25.5 Å². The van der Waals surface area contributed by atoms with Gasteiger partial charge >= 0.3 is 5.97 Å². The highest BCUT2D eigenvalue weighted by Gasteiger charge is 2.27. The van der Waals surface area contributed by atoms with Crippen LogP contribution < -0.4 is 10.6 Å². The fourth-order valence-corrected chi connectivity index (χ4v) is 2.21. The van der Waals surface area contributed by atoms with Gasteiger partial charge in [-0.2, -0.15) is 5.26 Å². The number of ether oxygens (including phenoxy) is 1. The number of nitriles is 1. The Morgan fingerprint density at radius 2 is 1.92 bits per heavy atom. The average Bonchev–Trinajstić information content (AvgIpc) is 2.58. The summed E-state index contributed by atoms with van der Waals surface area (Å²) in [6, 6.07) is 5.68. The number of methoxy groups -OCH3 is 1. The van der Waals surface area contributed by atoms with E-state index in [-0.39, 0.29) is 24.8 Å². The van der Waals surface area contributed by atoms with Gasteiger partial charge in [0.2, 0.25) is 11.8 Å². The van der Waals surface area contributed by atoms with E-state index >= 15 is 0 Å². The van der Waals surface area contributed by atoms with Crippen LogP contribution in [0.4, 0.5) is 4.39 Å². The fraction of sp³-hybridized carbons (Fsp3) is 0.412. The molecule has 1 aromatic carbocycles. The van der Waals surface area contributed by atoms with Crippen LogP contribution in [0.5, 0.6) is 0 Å². The number of carbonyl (C=O) groups excluding carboxylic acids is 3. The van der Waals surface area contributed by atoms with E-state index in [1.165, 1.54) is 32.2 Å². The molecule has 1 rings (SSSR count). The van der Waals surface area contributed by atoms with Crippen LogP contribution in [-0.4, -0.2) is 37.0 Å². The van der Waals surface area contributed by atoms with E-state index in [4.69, 9.17) is 5.26 Å². The molecule has 0 heterocycles. The van der Waals surface area contributed by atoms with Crippen LogP contribution in [0, 0.1) is 17.1 Å². The van der Waals surface area contributed by atoms with Crippen molar-refractivity contribution in [2.75, 3.05) is 7.11 Å². The molecular formula is C17H20FN3O4. The van der Waals surface area contributed by atoms with Crippen LogP contribution in [0.2, 0.25) is 0 Å². The second kappa shape index (κ2) is 10.0. The first-order valence-corrected chi connectivity index (χ1v) is 7.64. The predicted molar refractivity (Wildman–Crippen MR) is 86.5 cm³/mol. The van der Waals surface area contributed by atoms with Crippen molar-refractivity contribution in [2.45, 2.75) is 38.3 Å². The Labute approximate surface area is 145 Å². The summed E-state index contributed by atoms with van der Waals surface area (Å²) in [5.74, 6) is -2.33. The molecule has 2 amide bonds. The minimum atomic E-state index is -1.07. The van der Waals surface area contributed by atoms with Gasteiger partial charge in [-0.15, -0.1) is 0 Å². The summed E-state index contributed by atoms with van der Waals surface area (Å²) in [6.07, 6.45) is 0.0315. The minimum absolute atomic E-state index is 0.0398. The van der Waals surface area contributed by atoms with E-state index in [9.17, 15) is 18.8 Å². The Morgan fingerprint density at radius 3 is 2.48 bits per heavy atom. The molecule has 1 aromatic rings. The summed E-state index contributed by atoms with van der Waals surface area (Å²) < 4.78 is 18.4. The molecule has 0 aliphatic carbocycles. The molecule has 7 nitrogen and oxygen atoms in total. The lowest BCUT2D eigenvalue weighted by atomic mass is 10.0. The van der Waals surface area contributed by atoms with Crippen LogP contribution in [0.15, 0.2) is 24.3 Å². The van der Waals surface area contributed by atoms with Gasteiger partial charge in [0.1, 0.15) is 17.9 Å². The number of halogens is 1. The van der Waals surface area contributed by atoms with Gasteiger partial charge in [-0.3, -0.25) is 9.59 Å². The quantitative estimate of drug-likeness (QED) is 0.676. The van der Waals surface area contributed by atoms with Crippen LogP contribution in [0.25, 0.3) is 0 Å². The monoisotopic (exact) mass is 349 g/mol. The van der Waals surface area contributed by atoms with Gasteiger partial charge in [0, 0.05) is 19.8 Å². The molecule has 0 bridgehead atoms. The summed E-state index contributed by atoms with van der Waals surface area (Å²) in [4.78, 5) is 35.5. The number of carbonyl (C=O) groups is 3. The van der Waals surface area contributed by atoms with E-state index < -0.39 is 35.7 Å². The first-order valence-electron chi connectivity index (χ1n) is 7.64. The third kappa shape index (κ3) is 6.59. The summed E-state index contributed by atoms with van der Waals surface area (Å²) in [7, 11) is 1.17. The minimum Gasteiger partial charge on any atom is -0.467 e. The van der Waals surface area contributed by atoms with Crippen molar-refractivity contribution in [1.82, 2.24) is 10.6 Å². The molecule has 8 heteroatoms. The SMILES string of the molecule is COC(=O)[C@@H](CCC#N)NC(=O)[C@@H](Cc1ccccc1F)NC(C)=O. The molecule has 0 unspecified atom stereocenters. The van der Waals surface area contributed by atoms with Crippen molar-refractivity contribution < 1.29 is 23.5 Å². The zero-order chi connectivity index (χ0) is 18.8. The highest BCUT2D eigenvalue weighted by molar-refractivity contribution is 5.90. The van der Waals surface area contributed by atoms with Gasteiger partial charge < -0.3 is 15.4 Å². The number of amides is 2. The number of benzene rings is 1. The highest BCUT2D eigenvalue weighted by atomic mass is 19.1. The topological polar surface area (TPSA) is 108 Å². The third-order valence-corrected chi connectivity index (χ3v) is 3.42. The van der Waals surface area contributed by atoms with E-state index in [2.05, 4.69) is 15.4 Å². The lowest BCUT2D eigenvalue weighted by Gasteiger charge is -2.21. The van der Waals surface area contributed by atoms with Gasteiger partial charge in [0.15, 0.2) is 0 Å². The normalized spacial score (nSPS) is 12.4. The molecule has 0 aromatic heterocycles. The van der Waals surface area contributed by atoms with Gasteiger partial charge in [0.05, 0.1) is 13.2 Å². The Bertz CT molecular complexity index is 672. The van der Waals surface area contributed by atoms with Crippen molar-refractivity contribution in [3.63, 3.8) is 0 Å². The first kappa shape index (κ1) is 20.1. The molecule has 25 heavy (non-hydrogen) atoms. The van der Waals surface area contributed by atoms with Gasteiger partial charge in [-0.05, 0) is 18.1 Å². The van der Waals surface area contributed by atoms with Crippen molar-refractivity contribution >= 4 is 17.8 Å². The highest BCUT2D eigenvalue weighted by Crippen LogP contribution is 2.10. The van der Waals surface area contributed by atoms with E-state index in [1.807, 2.05) is 6.07 Å². The maximum atomic E-state index is 13.8. The van der Waals surface area contributed by atoms with Crippen LogP contribution >= 0.6 is 0 Å². The molecule has 0 saturated carbocycles. The molecule has 0 saturated heterocycles. The number of hydrogen-bond acceptors (Lipinski definition) is 5. The van der Waals surface area contributed by atoms with Crippen molar-refractivity contribution in [3.8, 4) is 6.07 Å². The molecule has 0 spiro atoms. The Hall–Kier alpha value is -2.95. The summed E-state index contributed by atoms with van der Waals surface area (Å²) in [6.45, 7) is 1.23. The Balaban J connectivity index is 2.91. The Kier molecular flexibility index (Phi) is 8.06. The van der Waals surface area contributed by atoms with Crippen molar-refractivity contribution in [1.29, 1.82) is 5.26 Å². The van der Waals surface area contributed by atoms with Gasteiger partial charge in [0.25, 0.3) is 0 Å². The lowest BCUT2D eigenvalue weighted by Crippen LogP contribution is -2.52. The molecule has 0 aliphatic heterocycles. The second-order valence-electron chi connectivity index (χ2n) is 5.33. The van der Waals surface area contributed by atoms with E-state index in [1.54, 1.807) is 6.07 Å². The summed E-state index contributed by atoms with van der Waals surface area (Å²) in [5, 5.41) is 13.5. The lowest BCUT2D eigenvalue weighted by molar-refractivity contribution is -0.145. The van der Waals surface area contributed by atoms with Crippen molar-refractivity contribution in [3.05, 3.63) is 35.6 Å². The standard InChI is InChI=1S/C17H20FN3O4/c1-11(22)20-15(10-12-6-3-4-7-13(12)18)16(23)21-14(8-5-9-19)17(24)25-2/h3-4,6-7,14-15H,5,8,10H2,1-2H3,(H,20,22)(H,21,23)/t14-,15-/m1/s1.